The number of carbonyl (C=O) groups is 1. The van der Waals surface area contributed by atoms with Gasteiger partial charge < -0.3 is 5.32 Å². The van der Waals surface area contributed by atoms with E-state index in [1.165, 1.54) is 12.1 Å². The molecule has 8 nitrogen and oxygen atoms in total. The highest BCUT2D eigenvalue weighted by atomic mass is 35.5. The fourth-order valence-corrected chi connectivity index (χ4v) is 5.25. The van der Waals surface area contributed by atoms with Gasteiger partial charge in [0.15, 0.2) is 11.0 Å². The largest absolute Gasteiger partial charge is 0.356 e. The number of unbranched alkanes of at least 4 members (excludes halogenated alkanes) is 1. The van der Waals surface area contributed by atoms with E-state index in [-0.39, 0.29) is 11.6 Å². The number of nitro benzene ring substituents is 1. The quantitative estimate of drug-likeness (QED) is 0.0873. The number of nitrogens with one attached hydrogen (secondary N) is 1. The molecular weight excluding hydrogens is 545 g/mol. The average molecular weight is 571 g/mol. The molecule has 0 bridgehead atoms. The van der Waals surface area contributed by atoms with Crippen LogP contribution < -0.4 is 5.32 Å². The van der Waals surface area contributed by atoms with Crippen molar-refractivity contribution in [1.29, 1.82) is 0 Å². The molecule has 1 N–H and O–H groups in total. The highest BCUT2D eigenvalue weighted by Crippen LogP contribution is 2.29. The standard InChI is InChI=1S/C27H25Cl2N5O3S/c28-21-12-9-19(24(29)18-21)15-16-30-25(35)8-4-5-17-38-27-32-31-26(33(27)22-6-2-1-3-7-22)20-10-13-23(14-11-20)34(36)37/h1-3,6-7,9-14,18H,4-5,8,15-17H2,(H,30,35). The summed E-state index contributed by atoms with van der Waals surface area (Å²) in [5.74, 6) is 1.38. The van der Waals surface area contributed by atoms with Crippen molar-refractivity contribution in [3.8, 4) is 17.1 Å². The van der Waals surface area contributed by atoms with Gasteiger partial charge in [0.2, 0.25) is 5.91 Å². The van der Waals surface area contributed by atoms with Crippen molar-refractivity contribution in [2.45, 2.75) is 30.8 Å². The maximum atomic E-state index is 12.2. The second kappa shape index (κ2) is 13.4. The number of thioether (sulfide) groups is 1. The number of carbonyl (C=O) groups excluding carboxylic acids is 1. The molecule has 4 aromatic rings. The van der Waals surface area contributed by atoms with Gasteiger partial charge in [-0.1, -0.05) is 59.2 Å². The van der Waals surface area contributed by atoms with E-state index in [2.05, 4.69) is 15.5 Å². The van der Waals surface area contributed by atoms with Crippen LogP contribution in [-0.2, 0) is 11.2 Å². The molecule has 11 heteroatoms. The third kappa shape index (κ3) is 7.34. The van der Waals surface area contributed by atoms with Crippen LogP contribution in [0, 0.1) is 10.1 Å². The summed E-state index contributed by atoms with van der Waals surface area (Å²) in [5, 5.41) is 24.6. The molecule has 1 heterocycles. The predicted octanol–water partition coefficient (Wildman–Crippen LogP) is 6.77. The van der Waals surface area contributed by atoms with E-state index >= 15 is 0 Å². The first kappa shape index (κ1) is 27.6. The summed E-state index contributed by atoms with van der Waals surface area (Å²) in [4.78, 5) is 22.8. The Morgan fingerprint density at radius 1 is 1.00 bits per heavy atom. The van der Waals surface area contributed by atoms with E-state index in [1.807, 2.05) is 41.0 Å². The molecule has 0 radical (unpaired) electrons. The Morgan fingerprint density at radius 3 is 2.47 bits per heavy atom. The summed E-state index contributed by atoms with van der Waals surface area (Å²) in [6, 6.07) is 21.4. The first-order valence-corrected chi connectivity index (χ1v) is 13.8. The Hall–Kier alpha value is -3.40. The summed E-state index contributed by atoms with van der Waals surface area (Å²) in [6.45, 7) is 0.514. The number of benzene rings is 3. The van der Waals surface area contributed by atoms with Crippen molar-refractivity contribution in [2.24, 2.45) is 0 Å². The fraction of sp³-hybridized carbons (Fsp3) is 0.222. The minimum Gasteiger partial charge on any atom is -0.356 e. The van der Waals surface area contributed by atoms with E-state index in [4.69, 9.17) is 23.2 Å². The maximum Gasteiger partial charge on any atom is 0.269 e. The van der Waals surface area contributed by atoms with Gasteiger partial charge in [-0.3, -0.25) is 19.5 Å². The molecule has 0 spiro atoms. The molecule has 0 aliphatic rings. The smallest absolute Gasteiger partial charge is 0.269 e. The Bertz CT molecular complexity index is 1400. The molecule has 0 saturated heterocycles. The van der Waals surface area contributed by atoms with Gasteiger partial charge in [-0.2, -0.15) is 0 Å². The molecule has 0 aliphatic carbocycles. The monoisotopic (exact) mass is 569 g/mol. The molecule has 0 aliphatic heterocycles. The summed E-state index contributed by atoms with van der Waals surface area (Å²) in [7, 11) is 0. The molecule has 4 rings (SSSR count). The van der Waals surface area contributed by atoms with Crippen molar-refractivity contribution < 1.29 is 9.72 Å². The van der Waals surface area contributed by atoms with E-state index in [0.29, 0.717) is 40.4 Å². The van der Waals surface area contributed by atoms with E-state index < -0.39 is 4.92 Å². The molecule has 1 amide bonds. The molecule has 38 heavy (non-hydrogen) atoms. The van der Waals surface area contributed by atoms with Gasteiger partial charge in [0.25, 0.3) is 5.69 Å². The van der Waals surface area contributed by atoms with Crippen LogP contribution >= 0.6 is 35.0 Å². The number of nitro groups is 1. The minimum atomic E-state index is -0.428. The normalized spacial score (nSPS) is 10.9. The number of hydrogen-bond acceptors (Lipinski definition) is 6. The molecule has 1 aromatic heterocycles. The minimum absolute atomic E-state index is 0.00740. The topological polar surface area (TPSA) is 103 Å². The molecule has 0 fully saturated rings. The number of halogens is 2. The summed E-state index contributed by atoms with van der Waals surface area (Å²) < 4.78 is 1.94. The zero-order chi connectivity index (χ0) is 26.9. The van der Waals surface area contributed by atoms with Gasteiger partial charge in [-0.25, -0.2) is 0 Å². The lowest BCUT2D eigenvalue weighted by molar-refractivity contribution is -0.384. The molecule has 3 aromatic carbocycles. The van der Waals surface area contributed by atoms with Gasteiger partial charge in [0.1, 0.15) is 0 Å². The molecular formula is C27H25Cl2N5O3S. The number of non-ortho nitro benzene ring substituents is 1. The number of nitrogens with zero attached hydrogens (tertiary/aromatic N) is 4. The van der Waals surface area contributed by atoms with Gasteiger partial charge >= 0.3 is 0 Å². The van der Waals surface area contributed by atoms with Crippen molar-refractivity contribution in [1.82, 2.24) is 20.1 Å². The van der Waals surface area contributed by atoms with Crippen LogP contribution in [0.4, 0.5) is 5.69 Å². The highest BCUT2D eigenvalue weighted by Gasteiger charge is 2.17. The van der Waals surface area contributed by atoms with Crippen molar-refractivity contribution in [2.75, 3.05) is 12.3 Å². The first-order chi connectivity index (χ1) is 18.4. The van der Waals surface area contributed by atoms with Crippen molar-refractivity contribution in [3.63, 3.8) is 0 Å². The van der Waals surface area contributed by atoms with Gasteiger partial charge in [-0.05, 0) is 61.2 Å². The number of amides is 1. The number of para-hydroxylation sites is 1. The lowest BCUT2D eigenvalue weighted by Gasteiger charge is -2.10. The Labute approximate surface area is 234 Å². The second-order valence-corrected chi connectivity index (χ2v) is 10.3. The Morgan fingerprint density at radius 2 is 1.76 bits per heavy atom. The first-order valence-electron chi connectivity index (χ1n) is 12.0. The van der Waals surface area contributed by atoms with Crippen LogP contribution in [0.5, 0.6) is 0 Å². The van der Waals surface area contributed by atoms with Crippen LogP contribution in [0.3, 0.4) is 0 Å². The Balaban J connectivity index is 1.30. The molecule has 0 saturated carbocycles. The third-order valence-electron chi connectivity index (χ3n) is 5.75. The Kier molecular flexibility index (Phi) is 9.75. The maximum absolute atomic E-state index is 12.2. The lowest BCUT2D eigenvalue weighted by atomic mass is 10.1. The highest BCUT2D eigenvalue weighted by molar-refractivity contribution is 7.99. The van der Waals surface area contributed by atoms with Crippen LogP contribution in [-0.4, -0.2) is 37.9 Å². The second-order valence-electron chi connectivity index (χ2n) is 8.42. The van der Waals surface area contributed by atoms with E-state index in [1.54, 1.807) is 36.0 Å². The molecule has 0 atom stereocenters. The summed E-state index contributed by atoms with van der Waals surface area (Å²) in [6.07, 6.45) is 2.66. The zero-order valence-corrected chi connectivity index (χ0v) is 22.7. The number of rotatable bonds is 12. The van der Waals surface area contributed by atoms with Crippen LogP contribution in [0.2, 0.25) is 10.0 Å². The van der Waals surface area contributed by atoms with Crippen molar-refractivity contribution >= 4 is 46.6 Å². The molecule has 0 unspecified atom stereocenters. The third-order valence-corrected chi connectivity index (χ3v) is 7.35. The van der Waals surface area contributed by atoms with Gasteiger partial charge in [-0.15, -0.1) is 10.2 Å². The zero-order valence-electron chi connectivity index (χ0n) is 20.3. The van der Waals surface area contributed by atoms with Gasteiger partial charge in [0, 0.05) is 52.1 Å². The summed E-state index contributed by atoms with van der Waals surface area (Å²) >= 11 is 13.7. The van der Waals surface area contributed by atoms with Crippen LogP contribution in [0.25, 0.3) is 17.1 Å². The lowest BCUT2D eigenvalue weighted by Crippen LogP contribution is -2.25. The number of hydrogen-bond donors (Lipinski definition) is 1. The SMILES string of the molecule is O=C(CCCCSc1nnc(-c2ccc([N+](=O)[O-])cc2)n1-c1ccccc1)NCCc1ccc(Cl)cc1Cl. The van der Waals surface area contributed by atoms with E-state index in [0.717, 1.165) is 35.4 Å². The van der Waals surface area contributed by atoms with Crippen LogP contribution in [0.15, 0.2) is 78.0 Å². The summed E-state index contributed by atoms with van der Waals surface area (Å²) in [5.41, 5.74) is 2.60. The average Bonchev–Trinajstić information content (AvgIpc) is 3.34. The molecule has 196 valence electrons. The van der Waals surface area contributed by atoms with Crippen molar-refractivity contribution in [3.05, 3.63) is 98.5 Å². The fourth-order valence-electron chi connectivity index (χ4n) is 3.79. The predicted molar refractivity (Wildman–Crippen MR) is 151 cm³/mol. The van der Waals surface area contributed by atoms with Crippen LogP contribution in [0.1, 0.15) is 24.8 Å². The van der Waals surface area contributed by atoms with Gasteiger partial charge in [0.05, 0.1) is 4.92 Å². The number of aromatic nitrogens is 3. The van der Waals surface area contributed by atoms with E-state index in [9.17, 15) is 14.9 Å².